The Morgan fingerprint density at radius 3 is 2.78 bits per heavy atom. The maximum Gasteiger partial charge on any atom is 0.0868 e. The summed E-state index contributed by atoms with van der Waals surface area (Å²) in [5, 5.41) is 17.9. The van der Waals surface area contributed by atoms with Crippen molar-refractivity contribution in [2.75, 3.05) is 13.2 Å². The second-order valence-corrected chi connectivity index (χ2v) is 7.86. The zero-order chi connectivity index (χ0) is 19.3. The first-order valence-corrected chi connectivity index (χ1v) is 9.60. The molecule has 2 atom stereocenters. The number of fused-ring (bicyclic) bond motifs is 1. The lowest BCUT2D eigenvalue weighted by Gasteiger charge is -2.37. The van der Waals surface area contributed by atoms with Gasteiger partial charge in [-0.15, -0.1) is 0 Å². The SMILES string of the molecule is CC(C)C[C@]1(CCO)C[C@H](CN=[N+]=[N-])ON1Cc1ccc2ccccc2c1. The zero-order valence-electron chi connectivity index (χ0n) is 16.1. The number of aliphatic hydroxyl groups excluding tert-OH is 1. The Morgan fingerprint density at radius 1 is 1.30 bits per heavy atom. The van der Waals surface area contributed by atoms with Crippen LogP contribution in [0.25, 0.3) is 21.2 Å². The first kappa shape index (κ1) is 19.6. The lowest BCUT2D eigenvalue weighted by atomic mass is 9.81. The van der Waals surface area contributed by atoms with Gasteiger partial charge in [-0.3, -0.25) is 4.84 Å². The summed E-state index contributed by atoms with van der Waals surface area (Å²) in [5.74, 6) is 0.470. The largest absolute Gasteiger partial charge is 0.396 e. The van der Waals surface area contributed by atoms with Crippen molar-refractivity contribution >= 4 is 10.8 Å². The van der Waals surface area contributed by atoms with Crippen LogP contribution in [0.15, 0.2) is 47.6 Å². The Bertz CT molecular complexity index is 819. The molecule has 0 radical (unpaired) electrons. The highest BCUT2D eigenvalue weighted by Crippen LogP contribution is 2.41. The van der Waals surface area contributed by atoms with Crippen LogP contribution in [0.4, 0.5) is 0 Å². The Labute approximate surface area is 160 Å². The number of rotatable bonds is 8. The fraction of sp³-hybridized carbons (Fsp3) is 0.524. The Hall–Kier alpha value is -2.11. The topological polar surface area (TPSA) is 81.5 Å². The van der Waals surface area contributed by atoms with E-state index in [4.69, 9.17) is 10.4 Å². The standard InChI is InChI=1S/C21H28N4O2/c1-16(2)12-21(9-10-26)13-20(14-23-24-22)27-25(21)15-17-7-8-18-5-3-4-6-19(18)11-17/h3-8,11,16,20,26H,9-10,12-15H2,1-2H3/t20-,21-/m1/s1. The second-order valence-electron chi connectivity index (χ2n) is 7.86. The molecule has 6 heteroatoms. The van der Waals surface area contributed by atoms with Crippen LogP contribution in [-0.2, 0) is 11.4 Å². The molecule has 6 nitrogen and oxygen atoms in total. The van der Waals surface area contributed by atoms with E-state index in [0.717, 1.165) is 12.8 Å². The van der Waals surface area contributed by atoms with Crippen molar-refractivity contribution in [2.24, 2.45) is 11.0 Å². The predicted molar refractivity (Wildman–Crippen MR) is 107 cm³/mol. The minimum atomic E-state index is -0.246. The van der Waals surface area contributed by atoms with Gasteiger partial charge in [0.1, 0.15) is 0 Å². The van der Waals surface area contributed by atoms with Gasteiger partial charge in [-0.2, -0.15) is 5.06 Å². The fourth-order valence-corrected chi connectivity index (χ4v) is 4.27. The highest BCUT2D eigenvalue weighted by Gasteiger charge is 2.46. The number of azide groups is 1. The van der Waals surface area contributed by atoms with Crippen LogP contribution < -0.4 is 0 Å². The van der Waals surface area contributed by atoms with Crippen LogP contribution in [0.1, 0.15) is 38.7 Å². The molecule has 0 aromatic heterocycles. The van der Waals surface area contributed by atoms with E-state index >= 15 is 0 Å². The lowest BCUT2D eigenvalue weighted by molar-refractivity contribution is -0.199. The van der Waals surface area contributed by atoms with Crippen molar-refractivity contribution in [3.8, 4) is 0 Å². The monoisotopic (exact) mass is 368 g/mol. The minimum Gasteiger partial charge on any atom is -0.396 e. The van der Waals surface area contributed by atoms with Gasteiger partial charge in [-0.25, -0.2) is 0 Å². The van der Waals surface area contributed by atoms with Gasteiger partial charge < -0.3 is 5.11 Å². The van der Waals surface area contributed by atoms with E-state index < -0.39 is 0 Å². The summed E-state index contributed by atoms with van der Waals surface area (Å²) in [6.07, 6.45) is 2.18. The maximum absolute atomic E-state index is 9.73. The summed E-state index contributed by atoms with van der Waals surface area (Å²) in [5.41, 5.74) is 9.58. The number of benzene rings is 2. The van der Waals surface area contributed by atoms with Crippen molar-refractivity contribution in [3.63, 3.8) is 0 Å². The third kappa shape index (κ3) is 4.60. The van der Waals surface area contributed by atoms with Crippen LogP contribution in [0.5, 0.6) is 0 Å². The molecule has 0 saturated carbocycles. The van der Waals surface area contributed by atoms with E-state index in [1.165, 1.54) is 16.3 Å². The normalized spacial score (nSPS) is 23.0. The van der Waals surface area contributed by atoms with Gasteiger partial charge in [0.2, 0.25) is 0 Å². The van der Waals surface area contributed by atoms with Crippen LogP contribution in [0, 0.1) is 5.92 Å². The number of nitrogens with zero attached hydrogens (tertiary/aromatic N) is 4. The molecule has 1 N–H and O–H groups in total. The third-order valence-corrected chi connectivity index (χ3v) is 5.27. The molecule has 1 aliphatic heterocycles. The Kier molecular flexibility index (Phi) is 6.34. The average molecular weight is 368 g/mol. The van der Waals surface area contributed by atoms with Gasteiger partial charge in [0.25, 0.3) is 0 Å². The summed E-state index contributed by atoms with van der Waals surface area (Å²) in [6, 6.07) is 14.8. The summed E-state index contributed by atoms with van der Waals surface area (Å²) in [6.45, 7) is 5.45. The van der Waals surface area contributed by atoms with E-state index in [-0.39, 0.29) is 18.2 Å². The molecule has 3 rings (SSSR count). The smallest absolute Gasteiger partial charge is 0.0868 e. The molecule has 2 aromatic rings. The van der Waals surface area contributed by atoms with Crippen LogP contribution in [-0.4, -0.2) is 35.0 Å². The molecule has 1 fully saturated rings. The van der Waals surface area contributed by atoms with E-state index in [0.29, 0.717) is 25.4 Å². The molecule has 0 aliphatic carbocycles. The van der Waals surface area contributed by atoms with Crippen molar-refractivity contribution < 1.29 is 9.94 Å². The highest BCUT2D eigenvalue weighted by atomic mass is 16.7. The van der Waals surface area contributed by atoms with E-state index in [1.54, 1.807) is 0 Å². The fourth-order valence-electron chi connectivity index (χ4n) is 4.27. The molecule has 0 unspecified atom stereocenters. The molecule has 27 heavy (non-hydrogen) atoms. The highest BCUT2D eigenvalue weighted by molar-refractivity contribution is 5.82. The molecule has 1 saturated heterocycles. The number of hydrogen-bond donors (Lipinski definition) is 1. The summed E-state index contributed by atoms with van der Waals surface area (Å²) in [7, 11) is 0. The number of hydroxylamine groups is 2. The van der Waals surface area contributed by atoms with E-state index in [1.807, 2.05) is 17.2 Å². The predicted octanol–water partition coefficient (Wildman–Crippen LogP) is 4.82. The molecule has 144 valence electrons. The molecule has 0 spiro atoms. The maximum atomic E-state index is 9.73. The zero-order valence-corrected chi connectivity index (χ0v) is 16.1. The molecule has 1 heterocycles. The van der Waals surface area contributed by atoms with Crippen LogP contribution in [0.3, 0.4) is 0 Å². The molecule has 1 aliphatic rings. The Morgan fingerprint density at radius 2 is 2.07 bits per heavy atom. The van der Waals surface area contributed by atoms with Crippen molar-refractivity contribution in [1.82, 2.24) is 5.06 Å². The molecular weight excluding hydrogens is 340 g/mol. The lowest BCUT2D eigenvalue weighted by Crippen LogP contribution is -2.44. The molecule has 2 aromatic carbocycles. The van der Waals surface area contributed by atoms with Gasteiger partial charge in [0.05, 0.1) is 18.2 Å². The summed E-state index contributed by atoms with van der Waals surface area (Å²) >= 11 is 0. The number of hydrogen-bond acceptors (Lipinski definition) is 4. The van der Waals surface area contributed by atoms with Crippen molar-refractivity contribution in [2.45, 2.75) is 51.3 Å². The van der Waals surface area contributed by atoms with E-state index in [9.17, 15) is 5.11 Å². The van der Waals surface area contributed by atoms with Gasteiger partial charge in [0.15, 0.2) is 0 Å². The van der Waals surface area contributed by atoms with Gasteiger partial charge in [-0.05, 0) is 53.1 Å². The first-order valence-electron chi connectivity index (χ1n) is 9.60. The van der Waals surface area contributed by atoms with Crippen molar-refractivity contribution in [1.29, 1.82) is 0 Å². The molecule has 0 bridgehead atoms. The molecule has 0 amide bonds. The summed E-state index contributed by atoms with van der Waals surface area (Å²) in [4.78, 5) is 9.08. The van der Waals surface area contributed by atoms with Gasteiger partial charge >= 0.3 is 0 Å². The number of aliphatic hydroxyl groups is 1. The summed E-state index contributed by atoms with van der Waals surface area (Å²) < 4.78 is 0. The molecular formula is C21H28N4O2. The van der Waals surface area contributed by atoms with Crippen LogP contribution >= 0.6 is 0 Å². The van der Waals surface area contributed by atoms with E-state index in [2.05, 4.69) is 54.2 Å². The first-order chi connectivity index (χ1) is 13.1. The van der Waals surface area contributed by atoms with Gasteiger partial charge in [0, 0.05) is 18.1 Å². The second kappa shape index (κ2) is 8.72. The van der Waals surface area contributed by atoms with Crippen LogP contribution in [0.2, 0.25) is 0 Å². The quantitative estimate of drug-likeness (QED) is 0.412. The average Bonchev–Trinajstić information content (AvgIpc) is 2.96. The van der Waals surface area contributed by atoms with Crippen molar-refractivity contribution in [3.05, 3.63) is 58.5 Å². The Balaban J connectivity index is 1.88. The van der Waals surface area contributed by atoms with Gasteiger partial charge in [-0.1, -0.05) is 55.4 Å². The third-order valence-electron chi connectivity index (χ3n) is 5.27. The minimum absolute atomic E-state index is 0.110.